The van der Waals surface area contributed by atoms with E-state index in [1.807, 2.05) is 0 Å². The van der Waals surface area contributed by atoms with Crippen LogP contribution in [0.4, 0.5) is 0 Å². The standard InChI is InChI=1S/C13H30N2O/c1-6-7-13(4,10-14-12(2)3)11-15(5)8-9-16/h12,14,16H,6-11H2,1-5H3. The van der Waals surface area contributed by atoms with Crippen molar-refractivity contribution in [3.8, 4) is 0 Å². The first-order chi connectivity index (χ1) is 7.43. The van der Waals surface area contributed by atoms with E-state index in [1.54, 1.807) is 0 Å². The maximum absolute atomic E-state index is 8.92. The van der Waals surface area contributed by atoms with Gasteiger partial charge in [0, 0.05) is 25.7 Å². The Labute approximate surface area is 101 Å². The molecule has 0 amide bonds. The molecule has 0 radical (unpaired) electrons. The molecule has 0 heterocycles. The lowest BCUT2D eigenvalue weighted by Crippen LogP contribution is -2.43. The summed E-state index contributed by atoms with van der Waals surface area (Å²) in [6.45, 7) is 12.0. The molecule has 1 atom stereocenters. The van der Waals surface area contributed by atoms with Crippen LogP contribution in [0.1, 0.15) is 40.5 Å². The second kappa shape index (κ2) is 8.04. The molecule has 0 saturated heterocycles. The Bertz CT molecular complexity index is 173. The highest BCUT2D eigenvalue weighted by Gasteiger charge is 2.24. The van der Waals surface area contributed by atoms with Gasteiger partial charge < -0.3 is 15.3 Å². The topological polar surface area (TPSA) is 35.5 Å². The fourth-order valence-electron chi connectivity index (χ4n) is 2.18. The van der Waals surface area contributed by atoms with Crippen molar-refractivity contribution in [2.75, 3.05) is 33.3 Å². The first kappa shape index (κ1) is 15.9. The predicted molar refractivity (Wildman–Crippen MR) is 70.7 cm³/mol. The summed E-state index contributed by atoms with van der Waals surface area (Å²) in [6, 6.07) is 0.541. The van der Waals surface area contributed by atoms with Gasteiger partial charge in [-0.25, -0.2) is 0 Å². The number of nitrogens with one attached hydrogen (secondary N) is 1. The van der Waals surface area contributed by atoms with Crippen molar-refractivity contribution >= 4 is 0 Å². The van der Waals surface area contributed by atoms with Crippen LogP contribution in [0.5, 0.6) is 0 Å². The summed E-state index contributed by atoms with van der Waals surface area (Å²) in [6.07, 6.45) is 2.44. The summed E-state index contributed by atoms with van der Waals surface area (Å²) < 4.78 is 0. The summed E-state index contributed by atoms with van der Waals surface area (Å²) >= 11 is 0. The molecule has 0 aliphatic rings. The normalized spacial score (nSPS) is 15.8. The summed E-state index contributed by atoms with van der Waals surface area (Å²) in [5, 5.41) is 12.5. The Balaban J connectivity index is 4.19. The van der Waals surface area contributed by atoms with Crippen LogP contribution in [-0.2, 0) is 0 Å². The molecule has 0 aliphatic heterocycles. The fraction of sp³-hybridized carbons (Fsp3) is 1.00. The second-order valence-corrected chi connectivity index (χ2v) is 5.56. The van der Waals surface area contributed by atoms with Gasteiger partial charge in [0.05, 0.1) is 6.61 Å². The molecule has 0 saturated carbocycles. The van der Waals surface area contributed by atoms with Crippen molar-refractivity contribution in [1.82, 2.24) is 10.2 Å². The van der Waals surface area contributed by atoms with Gasteiger partial charge in [0.15, 0.2) is 0 Å². The van der Waals surface area contributed by atoms with Gasteiger partial charge in [-0.05, 0) is 18.9 Å². The third-order valence-corrected chi connectivity index (χ3v) is 2.92. The Morgan fingerprint density at radius 3 is 2.44 bits per heavy atom. The molecule has 0 rings (SSSR count). The zero-order chi connectivity index (χ0) is 12.6. The molecule has 0 bridgehead atoms. The van der Waals surface area contributed by atoms with Crippen molar-refractivity contribution in [2.24, 2.45) is 5.41 Å². The lowest BCUT2D eigenvalue weighted by molar-refractivity contribution is 0.145. The minimum atomic E-state index is 0.246. The number of nitrogens with zero attached hydrogens (tertiary/aromatic N) is 1. The average molecular weight is 230 g/mol. The summed E-state index contributed by atoms with van der Waals surface area (Å²) in [4.78, 5) is 2.22. The quantitative estimate of drug-likeness (QED) is 0.633. The van der Waals surface area contributed by atoms with Crippen molar-refractivity contribution < 1.29 is 5.11 Å². The smallest absolute Gasteiger partial charge is 0.0558 e. The van der Waals surface area contributed by atoms with E-state index in [0.29, 0.717) is 11.5 Å². The Kier molecular flexibility index (Phi) is 7.98. The molecule has 3 heteroatoms. The minimum Gasteiger partial charge on any atom is -0.395 e. The molecule has 0 aromatic rings. The zero-order valence-corrected chi connectivity index (χ0v) is 11.7. The molecule has 3 nitrogen and oxygen atoms in total. The third kappa shape index (κ3) is 7.20. The maximum atomic E-state index is 8.92. The number of aliphatic hydroxyl groups is 1. The van der Waals surface area contributed by atoms with Gasteiger partial charge in [-0.3, -0.25) is 0 Å². The molecule has 0 aromatic heterocycles. The van der Waals surface area contributed by atoms with Crippen LogP contribution < -0.4 is 5.32 Å². The van der Waals surface area contributed by atoms with Crippen LogP contribution in [0.3, 0.4) is 0 Å². The van der Waals surface area contributed by atoms with Gasteiger partial charge in [0.2, 0.25) is 0 Å². The van der Waals surface area contributed by atoms with Crippen LogP contribution in [0, 0.1) is 5.41 Å². The van der Waals surface area contributed by atoms with Crippen molar-refractivity contribution in [3.63, 3.8) is 0 Å². The van der Waals surface area contributed by atoms with Crippen LogP contribution in [0.25, 0.3) is 0 Å². The van der Waals surface area contributed by atoms with Crippen molar-refractivity contribution in [3.05, 3.63) is 0 Å². The van der Waals surface area contributed by atoms with Gasteiger partial charge in [-0.2, -0.15) is 0 Å². The van der Waals surface area contributed by atoms with Gasteiger partial charge in [0.1, 0.15) is 0 Å². The highest BCUT2D eigenvalue weighted by Crippen LogP contribution is 2.23. The van der Waals surface area contributed by atoms with E-state index in [4.69, 9.17) is 5.11 Å². The SMILES string of the molecule is CCCC(C)(CNC(C)C)CN(C)CCO. The molecule has 1 unspecified atom stereocenters. The highest BCUT2D eigenvalue weighted by molar-refractivity contribution is 4.80. The summed E-state index contributed by atoms with van der Waals surface area (Å²) in [5.74, 6) is 0. The predicted octanol–water partition coefficient (Wildman–Crippen LogP) is 1.71. The minimum absolute atomic E-state index is 0.246. The number of hydrogen-bond acceptors (Lipinski definition) is 3. The Hall–Kier alpha value is -0.120. The number of likely N-dealkylation sites (N-methyl/N-ethyl adjacent to an activating group) is 1. The van der Waals surface area contributed by atoms with Crippen LogP contribution >= 0.6 is 0 Å². The first-order valence-electron chi connectivity index (χ1n) is 6.46. The highest BCUT2D eigenvalue weighted by atomic mass is 16.3. The Morgan fingerprint density at radius 2 is 2.00 bits per heavy atom. The summed E-state index contributed by atoms with van der Waals surface area (Å²) in [7, 11) is 2.08. The van der Waals surface area contributed by atoms with E-state index >= 15 is 0 Å². The molecular weight excluding hydrogens is 200 g/mol. The number of aliphatic hydroxyl groups excluding tert-OH is 1. The van der Waals surface area contributed by atoms with E-state index < -0.39 is 0 Å². The molecule has 98 valence electrons. The molecule has 0 aliphatic carbocycles. The second-order valence-electron chi connectivity index (χ2n) is 5.56. The van der Waals surface area contributed by atoms with Gasteiger partial charge >= 0.3 is 0 Å². The van der Waals surface area contributed by atoms with E-state index in [-0.39, 0.29) is 6.61 Å². The summed E-state index contributed by atoms with van der Waals surface area (Å²) in [5.41, 5.74) is 0.308. The van der Waals surface area contributed by atoms with E-state index in [1.165, 1.54) is 12.8 Å². The van der Waals surface area contributed by atoms with E-state index in [9.17, 15) is 0 Å². The molecule has 0 fully saturated rings. The van der Waals surface area contributed by atoms with Crippen molar-refractivity contribution in [1.29, 1.82) is 0 Å². The third-order valence-electron chi connectivity index (χ3n) is 2.92. The zero-order valence-electron chi connectivity index (χ0n) is 11.7. The lowest BCUT2D eigenvalue weighted by Gasteiger charge is -2.34. The molecule has 0 aromatic carbocycles. The van der Waals surface area contributed by atoms with Gasteiger partial charge in [0.25, 0.3) is 0 Å². The van der Waals surface area contributed by atoms with Crippen LogP contribution in [0.15, 0.2) is 0 Å². The Morgan fingerprint density at radius 1 is 1.38 bits per heavy atom. The van der Waals surface area contributed by atoms with E-state index in [2.05, 4.69) is 45.0 Å². The van der Waals surface area contributed by atoms with Crippen LogP contribution in [-0.4, -0.2) is 49.3 Å². The molecule has 2 N–H and O–H groups in total. The van der Waals surface area contributed by atoms with Crippen molar-refractivity contribution in [2.45, 2.75) is 46.6 Å². The number of hydrogen-bond donors (Lipinski definition) is 2. The lowest BCUT2D eigenvalue weighted by atomic mass is 9.84. The van der Waals surface area contributed by atoms with E-state index in [0.717, 1.165) is 19.6 Å². The van der Waals surface area contributed by atoms with Gasteiger partial charge in [-0.1, -0.05) is 34.1 Å². The fourth-order valence-corrected chi connectivity index (χ4v) is 2.18. The van der Waals surface area contributed by atoms with Crippen LogP contribution in [0.2, 0.25) is 0 Å². The average Bonchev–Trinajstić information content (AvgIpc) is 2.15. The molecular formula is C13H30N2O. The molecule has 0 spiro atoms. The maximum Gasteiger partial charge on any atom is 0.0558 e. The largest absolute Gasteiger partial charge is 0.395 e. The monoisotopic (exact) mass is 230 g/mol. The number of rotatable bonds is 9. The van der Waals surface area contributed by atoms with Gasteiger partial charge in [-0.15, -0.1) is 0 Å². The molecule has 16 heavy (non-hydrogen) atoms. The first-order valence-corrected chi connectivity index (χ1v) is 6.46.